The van der Waals surface area contributed by atoms with E-state index in [1.165, 1.54) is 23.9 Å². The predicted molar refractivity (Wildman–Crippen MR) is 120 cm³/mol. The van der Waals surface area contributed by atoms with Crippen LogP contribution in [0.15, 0.2) is 30.3 Å². The maximum Gasteiger partial charge on any atom is 0.421 e. The average Bonchev–Trinajstić information content (AvgIpc) is 3.55. The Hall–Kier alpha value is -3.48. The number of halogens is 3. The summed E-state index contributed by atoms with van der Waals surface area (Å²) in [5.74, 6) is -0.166. The fourth-order valence-corrected chi connectivity index (χ4v) is 4.85. The molecule has 3 aromatic rings. The monoisotopic (exact) mass is 506 g/mol. The second kappa shape index (κ2) is 9.29. The third-order valence-electron chi connectivity index (χ3n) is 6.02. The molecule has 5 rings (SSSR count). The molecule has 0 bridgehead atoms. The SMILES string of the molecule is COc1ncc(N2CCc3ncnc(O[C@H]4CCN(C(=O)c5cncs5)C4)c3C2)cc1C(F)(F)F. The van der Waals surface area contributed by atoms with Crippen LogP contribution in [-0.2, 0) is 19.1 Å². The van der Waals surface area contributed by atoms with Crippen molar-refractivity contribution in [3.63, 3.8) is 0 Å². The minimum Gasteiger partial charge on any atom is -0.481 e. The van der Waals surface area contributed by atoms with Crippen molar-refractivity contribution in [3.05, 3.63) is 52.0 Å². The molecule has 0 saturated carbocycles. The molecule has 3 aromatic heterocycles. The molecule has 0 radical (unpaired) electrons. The number of alkyl halides is 3. The van der Waals surface area contributed by atoms with Crippen LogP contribution in [0.4, 0.5) is 18.9 Å². The number of methoxy groups -OCH3 is 1. The number of rotatable bonds is 5. The number of carbonyl (C=O) groups excluding carboxylic acids is 1. The summed E-state index contributed by atoms with van der Waals surface area (Å²) in [4.78, 5) is 33.1. The number of anilines is 1. The molecule has 2 aliphatic rings. The van der Waals surface area contributed by atoms with Crippen molar-refractivity contribution in [1.82, 2.24) is 24.8 Å². The first-order valence-corrected chi connectivity index (χ1v) is 11.7. The van der Waals surface area contributed by atoms with E-state index >= 15 is 0 Å². The summed E-state index contributed by atoms with van der Waals surface area (Å²) in [7, 11) is 1.16. The minimum atomic E-state index is -4.59. The van der Waals surface area contributed by atoms with Gasteiger partial charge in [-0.1, -0.05) is 0 Å². The molecule has 184 valence electrons. The van der Waals surface area contributed by atoms with Crippen molar-refractivity contribution in [2.45, 2.75) is 31.7 Å². The molecule has 0 N–H and O–H groups in total. The van der Waals surface area contributed by atoms with E-state index in [9.17, 15) is 18.0 Å². The van der Waals surface area contributed by atoms with Crippen molar-refractivity contribution in [2.24, 2.45) is 0 Å². The molecular formula is C22H21F3N6O3S. The Labute approximate surface area is 202 Å². The molecule has 5 heterocycles. The van der Waals surface area contributed by atoms with Crippen molar-refractivity contribution in [1.29, 1.82) is 0 Å². The van der Waals surface area contributed by atoms with Gasteiger partial charge in [-0.15, -0.1) is 11.3 Å². The molecule has 9 nitrogen and oxygen atoms in total. The Morgan fingerprint density at radius 1 is 1.17 bits per heavy atom. The molecule has 0 aromatic carbocycles. The van der Waals surface area contributed by atoms with Crippen LogP contribution in [0.5, 0.6) is 11.8 Å². The molecule has 13 heteroatoms. The van der Waals surface area contributed by atoms with Gasteiger partial charge in [-0.05, 0) is 6.07 Å². The zero-order valence-corrected chi connectivity index (χ0v) is 19.5. The largest absolute Gasteiger partial charge is 0.481 e. The van der Waals surface area contributed by atoms with Gasteiger partial charge >= 0.3 is 6.18 Å². The number of amides is 1. The number of fused-ring (bicyclic) bond motifs is 1. The Bertz CT molecular complexity index is 1220. The molecule has 0 aliphatic carbocycles. The average molecular weight is 507 g/mol. The van der Waals surface area contributed by atoms with Gasteiger partial charge in [0.1, 0.15) is 22.9 Å². The van der Waals surface area contributed by atoms with E-state index < -0.39 is 17.6 Å². The molecule has 1 fully saturated rings. The normalized spacial score (nSPS) is 17.9. The zero-order chi connectivity index (χ0) is 24.6. The second-order valence-electron chi connectivity index (χ2n) is 8.17. The Kier molecular flexibility index (Phi) is 6.17. The van der Waals surface area contributed by atoms with Gasteiger partial charge in [0.25, 0.3) is 5.91 Å². The van der Waals surface area contributed by atoms with E-state index in [-0.39, 0.29) is 18.6 Å². The number of thiazole rings is 1. The third-order valence-corrected chi connectivity index (χ3v) is 6.78. The van der Waals surface area contributed by atoms with Crippen LogP contribution in [0, 0.1) is 0 Å². The maximum absolute atomic E-state index is 13.5. The number of hydrogen-bond acceptors (Lipinski definition) is 9. The fourth-order valence-electron chi connectivity index (χ4n) is 4.26. The van der Waals surface area contributed by atoms with Gasteiger partial charge in [0, 0.05) is 25.9 Å². The summed E-state index contributed by atoms with van der Waals surface area (Å²) in [6.07, 6.45) is 0.658. The Balaban J connectivity index is 1.33. The molecule has 0 spiro atoms. The highest BCUT2D eigenvalue weighted by Gasteiger charge is 2.36. The van der Waals surface area contributed by atoms with E-state index in [0.717, 1.165) is 24.4 Å². The van der Waals surface area contributed by atoms with E-state index in [4.69, 9.17) is 9.47 Å². The molecule has 2 aliphatic heterocycles. The predicted octanol–water partition coefficient (Wildman–Crippen LogP) is 3.21. The standard InChI is InChI=1S/C22H21F3N6O3S/c1-33-20-16(22(23,24)25)6-13(7-27-20)30-5-3-17-15(10-30)19(29-11-28-17)34-14-2-4-31(9-14)21(32)18-8-26-12-35-18/h6-8,11-12,14H,2-5,9-10H2,1H3/t14-/m0/s1. The number of carbonyl (C=O) groups is 1. The quantitative estimate of drug-likeness (QED) is 0.521. The van der Waals surface area contributed by atoms with Crippen LogP contribution in [0.3, 0.4) is 0 Å². The first-order chi connectivity index (χ1) is 16.8. The fraction of sp³-hybridized carbons (Fsp3) is 0.409. The molecule has 35 heavy (non-hydrogen) atoms. The van der Waals surface area contributed by atoms with E-state index in [1.807, 2.05) is 0 Å². The van der Waals surface area contributed by atoms with Gasteiger partial charge in [-0.2, -0.15) is 13.2 Å². The first-order valence-electron chi connectivity index (χ1n) is 10.9. The van der Waals surface area contributed by atoms with E-state index in [0.29, 0.717) is 48.9 Å². The lowest BCUT2D eigenvalue weighted by molar-refractivity contribution is -0.139. The van der Waals surface area contributed by atoms with E-state index in [1.54, 1.807) is 21.5 Å². The summed E-state index contributed by atoms with van der Waals surface area (Å²) >= 11 is 1.29. The number of hydrogen-bond donors (Lipinski definition) is 0. The lowest BCUT2D eigenvalue weighted by Gasteiger charge is -2.31. The Morgan fingerprint density at radius 2 is 2.03 bits per heavy atom. The van der Waals surface area contributed by atoms with Crippen LogP contribution in [-0.4, -0.2) is 63.6 Å². The molecule has 0 unspecified atom stereocenters. The number of ether oxygens (including phenoxy) is 2. The van der Waals surface area contributed by atoms with Gasteiger partial charge in [0.2, 0.25) is 11.8 Å². The van der Waals surface area contributed by atoms with Crippen molar-refractivity contribution >= 4 is 22.9 Å². The summed E-state index contributed by atoms with van der Waals surface area (Å²) in [6.45, 7) is 1.71. The lowest BCUT2D eigenvalue weighted by Crippen LogP contribution is -2.33. The van der Waals surface area contributed by atoms with Crippen molar-refractivity contribution in [2.75, 3.05) is 31.6 Å². The van der Waals surface area contributed by atoms with Crippen LogP contribution < -0.4 is 14.4 Å². The summed E-state index contributed by atoms with van der Waals surface area (Å²) in [5, 5.41) is 0. The number of pyridine rings is 1. The van der Waals surface area contributed by atoms with Gasteiger partial charge < -0.3 is 19.3 Å². The van der Waals surface area contributed by atoms with Gasteiger partial charge in [-0.25, -0.2) is 15.0 Å². The minimum absolute atomic E-state index is 0.0815. The van der Waals surface area contributed by atoms with Gasteiger partial charge in [-0.3, -0.25) is 9.78 Å². The summed E-state index contributed by atoms with van der Waals surface area (Å²) in [6, 6.07) is 1.04. The molecular weight excluding hydrogens is 485 g/mol. The molecule has 1 amide bonds. The van der Waals surface area contributed by atoms with Crippen LogP contribution >= 0.6 is 11.3 Å². The lowest BCUT2D eigenvalue weighted by atomic mass is 10.1. The highest BCUT2D eigenvalue weighted by atomic mass is 32.1. The zero-order valence-electron chi connectivity index (χ0n) is 18.7. The van der Waals surface area contributed by atoms with Crippen LogP contribution in [0.1, 0.15) is 32.9 Å². The summed E-state index contributed by atoms with van der Waals surface area (Å²) in [5.41, 5.74) is 2.52. The first kappa shape index (κ1) is 23.3. The van der Waals surface area contributed by atoms with Crippen LogP contribution in [0.2, 0.25) is 0 Å². The topological polar surface area (TPSA) is 93.6 Å². The number of likely N-dealkylation sites (tertiary alicyclic amines) is 1. The third kappa shape index (κ3) is 4.72. The number of nitrogens with zero attached hydrogens (tertiary/aromatic N) is 6. The van der Waals surface area contributed by atoms with Gasteiger partial charge in [0.15, 0.2) is 0 Å². The smallest absolute Gasteiger partial charge is 0.421 e. The van der Waals surface area contributed by atoms with Gasteiger partial charge in [0.05, 0.1) is 55.0 Å². The van der Waals surface area contributed by atoms with Crippen molar-refractivity contribution in [3.8, 4) is 11.8 Å². The molecule has 1 saturated heterocycles. The number of aromatic nitrogens is 4. The molecule has 1 atom stereocenters. The summed E-state index contributed by atoms with van der Waals surface area (Å²) < 4.78 is 51.4. The highest BCUT2D eigenvalue weighted by molar-refractivity contribution is 7.11. The van der Waals surface area contributed by atoms with E-state index in [2.05, 4.69) is 19.9 Å². The van der Waals surface area contributed by atoms with Crippen LogP contribution in [0.25, 0.3) is 0 Å². The highest BCUT2D eigenvalue weighted by Crippen LogP contribution is 2.38. The Morgan fingerprint density at radius 3 is 2.77 bits per heavy atom. The second-order valence-corrected chi connectivity index (χ2v) is 9.06. The van der Waals surface area contributed by atoms with Crippen molar-refractivity contribution < 1.29 is 27.4 Å². The maximum atomic E-state index is 13.5.